The van der Waals surface area contributed by atoms with Crippen molar-refractivity contribution in [1.29, 1.82) is 0 Å². The fourth-order valence-electron chi connectivity index (χ4n) is 2.12. The van der Waals surface area contributed by atoms with Crippen LogP contribution in [0.3, 0.4) is 0 Å². The van der Waals surface area contributed by atoms with Crippen molar-refractivity contribution in [2.75, 3.05) is 29.5 Å². The lowest BCUT2D eigenvalue weighted by Gasteiger charge is -2.26. The van der Waals surface area contributed by atoms with Crippen LogP contribution in [0.2, 0.25) is 0 Å². The molecule has 2 nitrogen and oxygen atoms in total. The molecule has 0 spiro atoms. The van der Waals surface area contributed by atoms with Gasteiger partial charge in [-0.2, -0.15) is 11.8 Å². The minimum atomic E-state index is -0.382. The lowest BCUT2D eigenvalue weighted by atomic mass is 10.1. The van der Waals surface area contributed by atoms with E-state index in [1.54, 1.807) is 0 Å². The minimum Gasteiger partial charge on any atom is -0.389 e. The first-order chi connectivity index (χ1) is 7.79. The molecule has 0 bridgehead atoms. The maximum atomic E-state index is 9.77. The summed E-state index contributed by atoms with van der Waals surface area (Å²) in [5, 5.41) is 9.77. The molecule has 0 aliphatic carbocycles. The molecule has 1 aliphatic heterocycles. The van der Waals surface area contributed by atoms with Crippen LogP contribution in [0.5, 0.6) is 0 Å². The Morgan fingerprint density at radius 3 is 2.88 bits per heavy atom. The summed E-state index contributed by atoms with van der Waals surface area (Å²) in [6, 6.07) is 8.20. The summed E-state index contributed by atoms with van der Waals surface area (Å²) >= 11 is 2.02. The Morgan fingerprint density at radius 1 is 1.25 bits per heavy atom. The Hall–Kier alpha value is -0.670. The van der Waals surface area contributed by atoms with Gasteiger partial charge in [0.2, 0.25) is 0 Å². The highest BCUT2D eigenvalue weighted by Gasteiger charge is 2.15. The normalized spacial score (nSPS) is 19.2. The van der Waals surface area contributed by atoms with Crippen molar-refractivity contribution in [3.8, 4) is 0 Å². The zero-order valence-corrected chi connectivity index (χ0v) is 10.5. The van der Waals surface area contributed by atoms with Crippen LogP contribution in [-0.2, 0) is 0 Å². The second-order valence-electron chi connectivity index (χ2n) is 4.19. The third-order valence-electron chi connectivity index (χ3n) is 2.95. The molecule has 0 radical (unpaired) electrons. The average Bonchev–Trinajstić information content (AvgIpc) is 2.57. The van der Waals surface area contributed by atoms with E-state index in [1.807, 2.05) is 30.8 Å². The summed E-state index contributed by atoms with van der Waals surface area (Å²) < 4.78 is 0. The SMILES string of the molecule is C[C@H](O)c1ccccc1N1CCCSCC1. The average molecular weight is 237 g/mol. The molecule has 0 aromatic heterocycles. The van der Waals surface area contributed by atoms with E-state index in [-0.39, 0.29) is 6.10 Å². The third-order valence-corrected chi connectivity index (χ3v) is 4.00. The number of para-hydroxylation sites is 1. The molecule has 1 heterocycles. The molecule has 0 amide bonds. The third kappa shape index (κ3) is 2.71. The highest BCUT2D eigenvalue weighted by atomic mass is 32.2. The number of hydrogen-bond acceptors (Lipinski definition) is 3. The van der Waals surface area contributed by atoms with Gasteiger partial charge in [0, 0.05) is 30.1 Å². The van der Waals surface area contributed by atoms with Gasteiger partial charge in [-0.15, -0.1) is 0 Å². The van der Waals surface area contributed by atoms with Crippen LogP contribution in [0.1, 0.15) is 25.0 Å². The van der Waals surface area contributed by atoms with Crippen LogP contribution in [-0.4, -0.2) is 29.7 Å². The largest absolute Gasteiger partial charge is 0.389 e. The Labute approximate surface area is 102 Å². The zero-order valence-electron chi connectivity index (χ0n) is 9.72. The summed E-state index contributed by atoms with van der Waals surface area (Å²) in [5.41, 5.74) is 2.26. The van der Waals surface area contributed by atoms with Crippen LogP contribution in [0.15, 0.2) is 24.3 Å². The fourth-order valence-corrected chi connectivity index (χ4v) is 3.00. The molecule has 2 rings (SSSR count). The molecule has 1 aliphatic rings. The van der Waals surface area contributed by atoms with Crippen LogP contribution in [0.4, 0.5) is 5.69 Å². The van der Waals surface area contributed by atoms with Gasteiger partial charge in [-0.05, 0) is 25.2 Å². The highest BCUT2D eigenvalue weighted by Crippen LogP contribution is 2.27. The van der Waals surface area contributed by atoms with Gasteiger partial charge in [-0.1, -0.05) is 18.2 Å². The van der Waals surface area contributed by atoms with Crippen LogP contribution < -0.4 is 4.90 Å². The van der Waals surface area contributed by atoms with Crippen molar-refractivity contribution >= 4 is 17.4 Å². The molecule has 16 heavy (non-hydrogen) atoms. The first-order valence-corrected chi connectivity index (χ1v) is 7.04. The quantitative estimate of drug-likeness (QED) is 0.855. The molecule has 1 aromatic carbocycles. The molecule has 1 atom stereocenters. The molecule has 1 fully saturated rings. The van der Waals surface area contributed by atoms with Crippen LogP contribution >= 0.6 is 11.8 Å². The van der Waals surface area contributed by atoms with Crippen molar-refractivity contribution in [3.05, 3.63) is 29.8 Å². The molecular formula is C13H19NOS. The Balaban J connectivity index is 2.23. The van der Waals surface area contributed by atoms with Crippen molar-refractivity contribution in [3.63, 3.8) is 0 Å². The lowest BCUT2D eigenvalue weighted by Crippen LogP contribution is -2.26. The zero-order chi connectivity index (χ0) is 11.4. The first-order valence-electron chi connectivity index (χ1n) is 5.88. The maximum absolute atomic E-state index is 9.77. The summed E-state index contributed by atoms with van der Waals surface area (Å²) in [6.07, 6.45) is 0.853. The highest BCUT2D eigenvalue weighted by molar-refractivity contribution is 7.99. The summed E-state index contributed by atoms with van der Waals surface area (Å²) in [7, 11) is 0. The number of aliphatic hydroxyl groups excluding tert-OH is 1. The topological polar surface area (TPSA) is 23.5 Å². The van der Waals surface area contributed by atoms with Crippen LogP contribution in [0, 0.1) is 0 Å². The van der Waals surface area contributed by atoms with Gasteiger partial charge in [0.15, 0.2) is 0 Å². The summed E-state index contributed by atoms with van der Waals surface area (Å²) in [5.74, 6) is 2.45. The van der Waals surface area contributed by atoms with Crippen LogP contribution in [0.25, 0.3) is 0 Å². The first kappa shape index (κ1) is 11.8. The number of aliphatic hydroxyl groups is 1. The number of benzene rings is 1. The molecule has 1 saturated heterocycles. The maximum Gasteiger partial charge on any atom is 0.0781 e. The molecule has 88 valence electrons. The van der Waals surface area contributed by atoms with Gasteiger partial charge >= 0.3 is 0 Å². The van der Waals surface area contributed by atoms with Crippen molar-refractivity contribution in [2.45, 2.75) is 19.4 Å². The van der Waals surface area contributed by atoms with Gasteiger partial charge in [-0.3, -0.25) is 0 Å². The molecule has 1 aromatic rings. The Morgan fingerprint density at radius 2 is 2.06 bits per heavy atom. The van der Waals surface area contributed by atoms with Gasteiger partial charge in [0.1, 0.15) is 0 Å². The van der Waals surface area contributed by atoms with E-state index in [4.69, 9.17) is 0 Å². The second kappa shape index (κ2) is 5.60. The molecular weight excluding hydrogens is 218 g/mol. The predicted molar refractivity (Wildman–Crippen MR) is 71.2 cm³/mol. The Bertz CT molecular complexity index is 332. The molecule has 0 unspecified atom stereocenters. The number of hydrogen-bond donors (Lipinski definition) is 1. The van der Waals surface area contributed by atoms with E-state index < -0.39 is 0 Å². The summed E-state index contributed by atoms with van der Waals surface area (Å²) in [4.78, 5) is 2.40. The predicted octanol–water partition coefficient (Wildman–Crippen LogP) is 2.68. The fraction of sp³-hybridized carbons (Fsp3) is 0.538. The number of nitrogens with zero attached hydrogens (tertiary/aromatic N) is 1. The number of thioether (sulfide) groups is 1. The summed E-state index contributed by atoms with van der Waals surface area (Å²) in [6.45, 7) is 4.04. The molecule has 0 saturated carbocycles. The number of anilines is 1. The molecule has 1 N–H and O–H groups in total. The minimum absolute atomic E-state index is 0.382. The van der Waals surface area contributed by atoms with Gasteiger partial charge in [0.25, 0.3) is 0 Å². The monoisotopic (exact) mass is 237 g/mol. The van der Waals surface area contributed by atoms with Crippen molar-refractivity contribution in [1.82, 2.24) is 0 Å². The van der Waals surface area contributed by atoms with E-state index >= 15 is 0 Å². The van der Waals surface area contributed by atoms with Gasteiger partial charge < -0.3 is 10.0 Å². The van der Waals surface area contributed by atoms with Crippen molar-refractivity contribution in [2.24, 2.45) is 0 Å². The van der Waals surface area contributed by atoms with E-state index in [0.29, 0.717) is 0 Å². The van der Waals surface area contributed by atoms with E-state index in [0.717, 1.165) is 18.7 Å². The smallest absolute Gasteiger partial charge is 0.0781 e. The van der Waals surface area contributed by atoms with E-state index in [9.17, 15) is 5.11 Å². The standard InChI is InChI=1S/C13H19NOS/c1-11(15)12-5-2-3-6-13(12)14-7-4-9-16-10-8-14/h2-3,5-6,11,15H,4,7-10H2,1H3/t11-/m0/s1. The second-order valence-corrected chi connectivity index (χ2v) is 5.41. The lowest BCUT2D eigenvalue weighted by molar-refractivity contribution is 0.199. The Kier molecular flexibility index (Phi) is 4.13. The number of rotatable bonds is 2. The van der Waals surface area contributed by atoms with Crippen molar-refractivity contribution < 1.29 is 5.11 Å². The van der Waals surface area contributed by atoms with E-state index in [2.05, 4.69) is 17.0 Å². The molecule has 3 heteroatoms. The van der Waals surface area contributed by atoms with E-state index in [1.165, 1.54) is 23.6 Å². The van der Waals surface area contributed by atoms with Gasteiger partial charge in [-0.25, -0.2) is 0 Å². The van der Waals surface area contributed by atoms with Gasteiger partial charge in [0.05, 0.1) is 6.10 Å².